The highest BCUT2D eigenvalue weighted by molar-refractivity contribution is 5.85. The van der Waals surface area contributed by atoms with Crippen LogP contribution < -0.4 is 5.32 Å². The van der Waals surface area contributed by atoms with Crippen LogP contribution in [0.2, 0.25) is 0 Å². The van der Waals surface area contributed by atoms with Crippen LogP contribution in [0.3, 0.4) is 0 Å². The summed E-state index contributed by atoms with van der Waals surface area (Å²) in [4.78, 5) is 36.8. The van der Waals surface area contributed by atoms with Gasteiger partial charge in [0.1, 0.15) is 122 Å². The van der Waals surface area contributed by atoms with E-state index in [0.29, 0.717) is 0 Å². The number of hydrogen-bond acceptors (Lipinski definition) is 30. The van der Waals surface area contributed by atoms with Gasteiger partial charge in [-0.3, -0.25) is 4.79 Å². The molecule has 0 radical (unpaired) electrons. The third-order valence-electron chi connectivity index (χ3n) is 11.8. The molecule has 5 rings (SSSR count). The van der Waals surface area contributed by atoms with Gasteiger partial charge in [0.15, 0.2) is 37.0 Å². The zero-order valence-electron chi connectivity index (χ0n) is 36.4. The second-order valence-corrected chi connectivity index (χ2v) is 16.5. The van der Waals surface area contributed by atoms with Gasteiger partial charge in [0, 0.05) is 6.92 Å². The molecule has 0 aromatic carbocycles. The van der Waals surface area contributed by atoms with E-state index in [2.05, 4.69) is 5.32 Å². The number of carboxylic acid groups (broad SMARTS) is 2. The summed E-state index contributed by atoms with van der Waals surface area (Å²) in [5.41, 5.74) is 0. The summed E-state index contributed by atoms with van der Waals surface area (Å²) in [6.45, 7) is -4.33. The maximum absolute atomic E-state index is 12.7. The summed E-state index contributed by atoms with van der Waals surface area (Å²) in [5, 5.41) is 200. The van der Waals surface area contributed by atoms with E-state index in [1.54, 1.807) is 0 Å². The lowest BCUT2D eigenvalue weighted by Crippen LogP contribution is -2.70. The van der Waals surface area contributed by atoms with Crippen LogP contribution in [0.15, 0.2) is 11.5 Å². The second-order valence-electron chi connectivity index (χ2n) is 16.5. The van der Waals surface area contributed by atoms with Crippen LogP contribution in [-0.2, 0) is 61.8 Å². The Morgan fingerprint density at radius 3 is 1.53 bits per heavy atom. The zero-order valence-corrected chi connectivity index (χ0v) is 36.4. The van der Waals surface area contributed by atoms with Crippen LogP contribution in [0.5, 0.6) is 0 Å². The summed E-state index contributed by atoms with van der Waals surface area (Å²) in [5.74, 6) is -7.51. The number of rotatable bonds is 20. The fourth-order valence-electron chi connectivity index (χ4n) is 8.03. The summed E-state index contributed by atoms with van der Waals surface area (Å²) < 4.78 is 54.7. The first-order valence-corrected chi connectivity index (χ1v) is 21.2. The molecule has 0 spiro atoms. The van der Waals surface area contributed by atoms with Crippen LogP contribution in [0.1, 0.15) is 6.92 Å². The first kappa shape index (κ1) is 57.6. The molecule has 5 aliphatic heterocycles. The number of aliphatic hydroxyl groups is 17. The molecule has 0 aliphatic carbocycles. The average Bonchev–Trinajstić information content (AvgIpc) is 3.32. The molecule has 404 valence electrons. The lowest BCUT2D eigenvalue weighted by molar-refractivity contribution is -0.387. The predicted octanol–water partition coefficient (Wildman–Crippen LogP) is -12.5. The van der Waals surface area contributed by atoms with Crippen molar-refractivity contribution in [1.82, 2.24) is 5.32 Å². The minimum Gasteiger partial charge on any atom is -0.506 e. The summed E-state index contributed by atoms with van der Waals surface area (Å²) in [6, 6.07) is -1.91. The normalized spacial score (nSPS) is 43.9. The Hall–Kier alpha value is -3.25. The second kappa shape index (κ2) is 24.6. The smallest absolute Gasteiger partial charge is 0.375 e. The lowest BCUT2D eigenvalue weighted by Gasteiger charge is -2.49. The quantitative estimate of drug-likeness (QED) is 0.0538. The molecule has 1 amide bonds. The van der Waals surface area contributed by atoms with Crippen molar-refractivity contribution < 1.29 is 159 Å². The molecule has 4 fully saturated rings. The van der Waals surface area contributed by atoms with Crippen molar-refractivity contribution in [2.45, 2.75) is 166 Å². The standard InChI is InChI=1S/C37H59NO32/c1-7(44)38-13-25(65-34-21(53)18(50)19(51)29(69-34)31(57)58)15(47)10(4-41)61-33(13)68-28-20(52)22(54)35(70-30(28)32(59)60)66-27-17(49)12(6-43)64-37(24(27)56)67-26-16(48)11(5-42)63-36(23(26)55)62-9(3-40)14(46)8(45)2-39/h8-18,20-28,30,33-37,39-43,45-56H,2-6H2,1H3,(H,38,44)(H,57,58)(H,59,60)/t8-,9+,10+,11+,12+,13+,14+,15-,16-,17-,18-,20+,21+,22+,23+,24+,25+,26-,27-,28-,30-,33-,34+,35+,36+,37-/m0/s1. The molecule has 33 heteroatoms. The van der Waals surface area contributed by atoms with Gasteiger partial charge in [0.25, 0.3) is 0 Å². The fourth-order valence-corrected chi connectivity index (χ4v) is 8.03. The minimum atomic E-state index is -2.47. The minimum absolute atomic E-state index is 0.914. The number of aliphatic carboxylic acids is 2. The molecule has 0 aromatic rings. The van der Waals surface area contributed by atoms with Gasteiger partial charge in [-0.05, 0) is 0 Å². The molecular formula is C37H59NO32. The number of carbonyl (C=O) groups is 3. The Bertz CT molecular complexity index is 1760. The number of nitrogens with one attached hydrogen (secondary N) is 1. The molecule has 5 aliphatic rings. The molecule has 0 bridgehead atoms. The molecular weight excluding hydrogens is 970 g/mol. The van der Waals surface area contributed by atoms with Gasteiger partial charge in [0.2, 0.25) is 18.0 Å². The van der Waals surface area contributed by atoms with Crippen molar-refractivity contribution in [2.24, 2.45) is 0 Å². The summed E-state index contributed by atoms with van der Waals surface area (Å²) >= 11 is 0. The molecule has 4 saturated heterocycles. The van der Waals surface area contributed by atoms with Gasteiger partial charge >= 0.3 is 11.9 Å². The maximum Gasteiger partial charge on any atom is 0.375 e. The number of aliphatic hydroxyl groups excluding tert-OH is 17. The maximum atomic E-state index is 12.7. The Kier molecular flexibility index (Phi) is 20.3. The van der Waals surface area contributed by atoms with Gasteiger partial charge in [-0.25, -0.2) is 9.59 Å². The zero-order chi connectivity index (χ0) is 52.2. The first-order valence-electron chi connectivity index (χ1n) is 21.2. The van der Waals surface area contributed by atoms with Crippen LogP contribution in [0, 0.1) is 0 Å². The highest BCUT2D eigenvalue weighted by Gasteiger charge is 2.58. The molecule has 5 heterocycles. The Morgan fingerprint density at radius 2 is 1.04 bits per heavy atom. The number of carbonyl (C=O) groups excluding carboxylic acids is 1. The molecule has 26 atom stereocenters. The Balaban J connectivity index is 1.37. The number of hydrogen-bond donors (Lipinski definition) is 20. The molecule has 70 heavy (non-hydrogen) atoms. The molecule has 33 nitrogen and oxygen atoms in total. The third kappa shape index (κ3) is 12.2. The van der Waals surface area contributed by atoms with E-state index < -0.39 is 222 Å². The van der Waals surface area contributed by atoms with Gasteiger partial charge in [0.05, 0.1) is 33.0 Å². The molecule has 20 N–H and O–H groups in total. The Labute approximate surface area is 392 Å². The van der Waals surface area contributed by atoms with Crippen LogP contribution >= 0.6 is 0 Å². The molecule has 0 aromatic heterocycles. The van der Waals surface area contributed by atoms with E-state index in [-0.39, 0.29) is 0 Å². The average molecular weight is 1030 g/mol. The first-order chi connectivity index (χ1) is 33.0. The van der Waals surface area contributed by atoms with E-state index >= 15 is 0 Å². The van der Waals surface area contributed by atoms with E-state index in [9.17, 15) is 111 Å². The van der Waals surface area contributed by atoms with E-state index in [0.717, 1.165) is 6.92 Å². The Morgan fingerprint density at radius 1 is 0.571 bits per heavy atom. The van der Waals surface area contributed by atoms with Crippen molar-refractivity contribution in [1.29, 1.82) is 0 Å². The van der Waals surface area contributed by atoms with E-state index in [4.69, 9.17) is 47.4 Å². The monoisotopic (exact) mass is 1030 g/mol. The van der Waals surface area contributed by atoms with Crippen molar-refractivity contribution in [3.8, 4) is 0 Å². The van der Waals surface area contributed by atoms with Crippen molar-refractivity contribution >= 4 is 17.8 Å². The van der Waals surface area contributed by atoms with Crippen molar-refractivity contribution in [2.75, 3.05) is 33.0 Å². The number of amides is 1. The third-order valence-corrected chi connectivity index (χ3v) is 11.8. The summed E-state index contributed by atoms with van der Waals surface area (Å²) in [7, 11) is 0. The molecule has 0 saturated carbocycles. The van der Waals surface area contributed by atoms with E-state index in [1.165, 1.54) is 0 Å². The predicted molar refractivity (Wildman–Crippen MR) is 208 cm³/mol. The van der Waals surface area contributed by atoms with Gasteiger partial charge in [-0.1, -0.05) is 0 Å². The number of ether oxygens (including phenoxy) is 10. The van der Waals surface area contributed by atoms with Crippen molar-refractivity contribution in [3.63, 3.8) is 0 Å². The highest BCUT2D eigenvalue weighted by atomic mass is 16.8. The fraction of sp³-hybridized carbons (Fsp3) is 0.865. The SMILES string of the molecule is CC(=O)N[C@H]1[C@H](O[C@H]2[C@H](O)[C@@H](O)[C@H](O[C@H]3[C@@H](O)[C@@H](CO)O[C@@H](O[C@H]4[C@@H](O)[C@@H](CO)O[C@@H](O[C@H](CO)[C@H](O)[C@@H](O)CO)[C@@H]4O)[C@@H]3O)O[C@@H]2C(=O)O)O[C@H](CO)[C@H](O)[C@@H]1O[C@@H]1OC(C(=O)O)=C(O)[C@H](O)[C@H]1O. The summed E-state index contributed by atoms with van der Waals surface area (Å²) in [6.07, 6.45) is -53.2. The van der Waals surface area contributed by atoms with Gasteiger partial charge in [-0.15, -0.1) is 0 Å². The largest absolute Gasteiger partial charge is 0.506 e. The highest BCUT2D eigenvalue weighted by Crippen LogP contribution is 2.36. The van der Waals surface area contributed by atoms with Crippen LogP contribution in [0.25, 0.3) is 0 Å². The van der Waals surface area contributed by atoms with E-state index in [1.807, 2.05) is 0 Å². The van der Waals surface area contributed by atoms with Gasteiger partial charge in [-0.2, -0.15) is 0 Å². The van der Waals surface area contributed by atoms with Crippen LogP contribution in [-0.4, -0.2) is 307 Å². The van der Waals surface area contributed by atoms with Gasteiger partial charge < -0.3 is 150 Å². The molecule has 0 unspecified atom stereocenters. The lowest BCUT2D eigenvalue weighted by atomic mass is 9.94. The van der Waals surface area contributed by atoms with Crippen molar-refractivity contribution in [3.05, 3.63) is 11.5 Å². The number of carboxylic acids is 2. The van der Waals surface area contributed by atoms with Crippen LogP contribution in [0.4, 0.5) is 0 Å². The topological polar surface area (TPSA) is 540 Å².